The highest BCUT2D eigenvalue weighted by molar-refractivity contribution is 5.21. The molecule has 2 aliphatic rings. The highest BCUT2D eigenvalue weighted by Gasteiger charge is 2.34. The van der Waals surface area contributed by atoms with Crippen LogP contribution in [0.4, 0.5) is 4.39 Å². The Morgan fingerprint density at radius 3 is 2.63 bits per heavy atom. The minimum atomic E-state index is -0.127. The van der Waals surface area contributed by atoms with Crippen molar-refractivity contribution < 1.29 is 9.13 Å². The van der Waals surface area contributed by atoms with Crippen LogP contribution in [0.5, 0.6) is 0 Å². The fraction of sp³-hybridized carbons (Fsp3) is 0.600. The summed E-state index contributed by atoms with van der Waals surface area (Å²) in [5, 5.41) is 3.23. The average Bonchev–Trinajstić information content (AvgIpc) is 2.76. The summed E-state index contributed by atoms with van der Waals surface area (Å²) >= 11 is 0. The molecule has 3 nitrogen and oxygen atoms in total. The summed E-state index contributed by atoms with van der Waals surface area (Å²) in [6, 6.07) is 7.07. The van der Waals surface area contributed by atoms with Crippen molar-refractivity contribution in [2.45, 2.75) is 31.1 Å². The lowest BCUT2D eigenvalue weighted by atomic mass is 10.1. The summed E-state index contributed by atoms with van der Waals surface area (Å²) in [7, 11) is 1.90. The first-order chi connectivity index (χ1) is 9.26. The molecule has 2 aliphatic heterocycles. The molecule has 2 saturated heterocycles. The summed E-state index contributed by atoms with van der Waals surface area (Å²) in [5.74, 6) is -0.127. The fourth-order valence-corrected chi connectivity index (χ4v) is 3.21. The van der Waals surface area contributed by atoms with E-state index in [1.165, 1.54) is 18.9 Å². The Morgan fingerprint density at radius 1 is 1.32 bits per heavy atom. The summed E-state index contributed by atoms with van der Waals surface area (Å²) in [5.41, 5.74) is 0.754. The van der Waals surface area contributed by atoms with Crippen molar-refractivity contribution >= 4 is 0 Å². The molecule has 1 N–H and O–H groups in total. The van der Waals surface area contributed by atoms with E-state index >= 15 is 0 Å². The maximum absolute atomic E-state index is 13.9. The lowest BCUT2D eigenvalue weighted by Gasteiger charge is -2.34. The van der Waals surface area contributed by atoms with Crippen molar-refractivity contribution in [1.82, 2.24) is 10.2 Å². The zero-order chi connectivity index (χ0) is 13.2. The SMILES string of the molecule is CNC(CN1CC2CCC(C1)O2)c1ccccc1F. The third-order valence-electron chi connectivity index (χ3n) is 4.19. The molecule has 3 unspecified atom stereocenters. The first-order valence-corrected chi connectivity index (χ1v) is 7.06. The summed E-state index contributed by atoms with van der Waals surface area (Å²) in [6.07, 6.45) is 3.12. The molecule has 2 bridgehead atoms. The standard InChI is InChI=1S/C15H21FN2O/c1-17-15(13-4-2-3-5-14(13)16)10-18-8-11-6-7-12(9-18)19-11/h2-5,11-12,15,17H,6-10H2,1H3. The lowest BCUT2D eigenvalue weighted by Crippen LogP contribution is -2.45. The monoisotopic (exact) mass is 264 g/mol. The summed E-state index contributed by atoms with van der Waals surface area (Å²) in [6.45, 7) is 2.79. The molecule has 104 valence electrons. The van der Waals surface area contributed by atoms with Crippen LogP contribution in [0.25, 0.3) is 0 Å². The molecule has 0 saturated carbocycles. The molecular formula is C15H21FN2O. The Kier molecular flexibility index (Phi) is 3.82. The lowest BCUT2D eigenvalue weighted by molar-refractivity contribution is -0.0406. The van der Waals surface area contributed by atoms with E-state index in [0.29, 0.717) is 12.2 Å². The normalized spacial score (nSPS) is 28.5. The maximum Gasteiger partial charge on any atom is 0.128 e. The molecule has 0 amide bonds. The van der Waals surface area contributed by atoms with Crippen molar-refractivity contribution in [1.29, 1.82) is 0 Å². The van der Waals surface area contributed by atoms with Crippen molar-refractivity contribution in [2.24, 2.45) is 0 Å². The Hall–Kier alpha value is -0.970. The number of halogens is 1. The van der Waals surface area contributed by atoms with Gasteiger partial charge in [-0.15, -0.1) is 0 Å². The Morgan fingerprint density at radius 2 is 2.00 bits per heavy atom. The van der Waals surface area contributed by atoms with Gasteiger partial charge in [0.2, 0.25) is 0 Å². The first-order valence-electron chi connectivity index (χ1n) is 7.06. The number of hydrogen-bond donors (Lipinski definition) is 1. The zero-order valence-electron chi connectivity index (χ0n) is 11.3. The molecule has 1 aromatic rings. The van der Waals surface area contributed by atoms with Crippen LogP contribution in [0.1, 0.15) is 24.4 Å². The molecule has 2 heterocycles. The van der Waals surface area contributed by atoms with Gasteiger partial charge in [0.15, 0.2) is 0 Å². The minimum absolute atomic E-state index is 0.0405. The fourth-order valence-electron chi connectivity index (χ4n) is 3.21. The van der Waals surface area contributed by atoms with E-state index in [1.807, 2.05) is 19.2 Å². The molecule has 4 heteroatoms. The molecule has 1 aromatic carbocycles. The van der Waals surface area contributed by atoms with Gasteiger partial charge in [0.1, 0.15) is 5.82 Å². The molecule has 3 rings (SSSR count). The average molecular weight is 264 g/mol. The number of hydrogen-bond acceptors (Lipinski definition) is 3. The predicted molar refractivity (Wildman–Crippen MR) is 72.5 cm³/mol. The first kappa shape index (κ1) is 13.0. The number of fused-ring (bicyclic) bond motifs is 2. The second-order valence-corrected chi connectivity index (χ2v) is 5.54. The summed E-state index contributed by atoms with van der Waals surface area (Å²) in [4.78, 5) is 2.40. The maximum atomic E-state index is 13.9. The van der Waals surface area contributed by atoms with Gasteiger partial charge in [0.05, 0.1) is 12.2 Å². The largest absolute Gasteiger partial charge is 0.372 e. The number of rotatable bonds is 4. The van der Waals surface area contributed by atoms with Gasteiger partial charge in [-0.3, -0.25) is 4.90 Å². The van der Waals surface area contributed by atoms with Gasteiger partial charge in [0, 0.05) is 31.2 Å². The Bertz CT molecular complexity index is 428. The molecule has 0 aliphatic carbocycles. The van der Waals surface area contributed by atoms with Gasteiger partial charge in [0.25, 0.3) is 0 Å². The molecule has 0 radical (unpaired) electrons. The van der Waals surface area contributed by atoms with Gasteiger partial charge in [-0.25, -0.2) is 4.39 Å². The Balaban J connectivity index is 1.68. The van der Waals surface area contributed by atoms with E-state index in [-0.39, 0.29) is 11.9 Å². The minimum Gasteiger partial charge on any atom is -0.372 e. The van der Waals surface area contributed by atoms with Crippen LogP contribution in [0.15, 0.2) is 24.3 Å². The number of ether oxygens (including phenoxy) is 1. The van der Waals surface area contributed by atoms with Crippen LogP contribution in [-0.2, 0) is 4.74 Å². The van der Waals surface area contributed by atoms with E-state index in [1.54, 1.807) is 6.07 Å². The van der Waals surface area contributed by atoms with E-state index in [4.69, 9.17) is 4.74 Å². The second kappa shape index (κ2) is 5.57. The Labute approximate surface area is 113 Å². The number of morpholine rings is 1. The third-order valence-corrected chi connectivity index (χ3v) is 4.19. The van der Waals surface area contributed by atoms with Gasteiger partial charge in [-0.1, -0.05) is 18.2 Å². The highest BCUT2D eigenvalue weighted by Crippen LogP contribution is 2.27. The van der Waals surface area contributed by atoms with E-state index in [9.17, 15) is 4.39 Å². The molecule has 0 aromatic heterocycles. The number of likely N-dealkylation sites (tertiary alicyclic amines) is 1. The van der Waals surface area contributed by atoms with Crippen LogP contribution < -0.4 is 5.32 Å². The topological polar surface area (TPSA) is 24.5 Å². The zero-order valence-corrected chi connectivity index (χ0v) is 11.3. The van der Waals surface area contributed by atoms with Crippen LogP contribution in [0, 0.1) is 5.82 Å². The van der Waals surface area contributed by atoms with Crippen molar-refractivity contribution in [3.63, 3.8) is 0 Å². The number of benzene rings is 1. The smallest absolute Gasteiger partial charge is 0.128 e. The van der Waals surface area contributed by atoms with E-state index < -0.39 is 0 Å². The molecule has 0 spiro atoms. The quantitative estimate of drug-likeness (QED) is 0.899. The van der Waals surface area contributed by atoms with Gasteiger partial charge >= 0.3 is 0 Å². The number of nitrogens with zero attached hydrogens (tertiary/aromatic N) is 1. The number of likely N-dealkylation sites (N-methyl/N-ethyl adjacent to an activating group) is 1. The van der Waals surface area contributed by atoms with E-state index in [0.717, 1.165) is 25.2 Å². The van der Waals surface area contributed by atoms with Gasteiger partial charge < -0.3 is 10.1 Å². The van der Waals surface area contributed by atoms with Crippen LogP contribution in [0.2, 0.25) is 0 Å². The highest BCUT2D eigenvalue weighted by atomic mass is 19.1. The molecule has 3 atom stereocenters. The molecule has 2 fully saturated rings. The number of nitrogens with one attached hydrogen (secondary N) is 1. The van der Waals surface area contributed by atoms with Crippen LogP contribution in [0.3, 0.4) is 0 Å². The predicted octanol–water partition coefficient (Wildman–Crippen LogP) is 1.95. The van der Waals surface area contributed by atoms with Crippen molar-refractivity contribution in [3.05, 3.63) is 35.6 Å². The molecular weight excluding hydrogens is 243 g/mol. The van der Waals surface area contributed by atoms with E-state index in [2.05, 4.69) is 10.2 Å². The second-order valence-electron chi connectivity index (χ2n) is 5.54. The third kappa shape index (κ3) is 2.81. The van der Waals surface area contributed by atoms with Crippen molar-refractivity contribution in [3.8, 4) is 0 Å². The van der Waals surface area contributed by atoms with Crippen molar-refractivity contribution in [2.75, 3.05) is 26.7 Å². The van der Waals surface area contributed by atoms with Gasteiger partial charge in [-0.2, -0.15) is 0 Å². The summed E-state index contributed by atoms with van der Waals surface area (Å²) < 4.78 is 19.7. The van der Waals surface area contributed by atoms with Crippen LogP contribution >= 0.6 is 0 Å². The van der Waals surface area contributed by atoms with Gasteiger partial charge in [-0.05, 0) is 26.0 Å². The molecule has 19 heavy (non-hydrogen) atoms. The van der Waals surface area contributed by atoms with Crippen LogP contribution in [-0.4, -0.2) is 43.8 Å².